The summed E-state index contributed by atoms with van der Waals surface area (Å²) in [6.07, 6.45) is 2.45. The van der Waals surface area contributed by atoms with Gasteiger partial charge in [0.1, 0.15) is 22.9 Å². The lowest BCUT2D eigenvalue weighted by molar-refractivity contribution is 0.0812. The molecule has 0 bridgehead atoms. The fourth-order valence-corrected chi connectivity index (χ4v) is 3.11. The number of aryl methyl sites for hydroxylation is 1. The molecule has 0 radical (unpaired) electrons. The first kappa shape index (κ1) is 18.5. The lowest BCUT2D eigenvalue weighted by atomic mass is 10.3. The quantitative estimate of drug-likeness (QED) is 0.357. The number of hydrogen-bond donors (Lipinski definition) is 0. The number of aldehydes is 1. The monoisotopic (exact) mass is 376 g/mol. The smallest absolute Gasteiger partial charge is 0.169 e. The van der Waals surface area contributed by atoms with Crippen molar-refractivity contribution in [1.82, 2.24) is 9.55 Å². The summed E-state index contributed by atoms with van der Waals surface area (Å²) in [6.45, 7) is 8.73. The molecule has 21 heavy (non-hydrogen) atoms. The number of imidazole rings is 1. The molecule has 0 atom stereocenters. The Labute approximate surface area is 136 Å². The molecule has 5 nitrogen and oxygen atoms in total. The third kappa shape index (κ3) is 6.42. The van der Waals surface area contributed by atoms with E-state index in [-0.39, 0.29) is 0 Å². The summed E-state index contributed by atoms with van der Waals surface area (Å²) in [5, 5.41) is 0. The van der Waals surface area contributed by atoms with Crippen LogP contribution in [0, 0.1) is 0 Å². The highest BCUT2D eigenvalue weighted by Crippen LogP contribution is 2.18. The highest BCUT2D eigenvalue weighted by molar-refractivity contribution is 9.10. The molecule has 1 aromatic heterocycles. The molecule has 7 heteroatoms. The second-order valence-electron chi connectivity index (χ2n) is 6.19. The van der Waals surface area contributed by atoms with Gasteiger partial charge in [0.15, 0.2) is 6.29 Å². The van der Waals surface area contributed by atoms with Gasteiger partial charge in [0.25, 0.3) is 0 Å². The van der Waals surface area contributed by atoms with Crippen LogP contribution in [-0.4, -0.2) is 44.2 Å². The van der Waals surface area contributed by atoms with Crippen LogP contribution < -0.4 is 0 Å². The average Bonchev–Trinajstić information content (AvgIpc) is 2.69. The Morgan fingerprint density at radius 1 is 1.33 bits per heavy atom. The molecule has 0 aliphatic heterocycles. The van der Waals surface area contributed by atoms with E-state index >= 15 is 0 Å². The molecule has 0 N–H and O–H groups in total. The van der Waals surface area contributed by atoms with E-state index in [4.69, 9.17) is 9.47 Å². The highest BCUT2D eigenvalue weighted by atomic mass is 79.9. The maximum atomic E-state index is 11.2. The van der Waals surface area contributed by atoms with Crippen molar-refractivity contribution in [1.29, 1.82) is 0 Å². The van der Waals surface area contributed by atoms with Crippen LogP contribution in [0.25, 0.3) is 0 Å². The summed E-state index contributed by atoms with van der Waals surface area (Å²) < 4.78 is 13.2. The first-order valence-corrected chi connectivity index (χ1v) is 11.7. The van der Waals surface area contributed by atoms with E-state index in [0.29, 0.717) is 23.6 Å². The van der Waals surface area contributed by atoms with Crippen molar-refractivity contribution < 1.29 is 14.3 Å². The van der Waals surface area contributed by atoms with Gasteiger partial charge in [0, 0.05) is 34.8 Å². The maximum absolute atomic E-state index is 11.2. The van der Waals surface area contributed by atoms with Gasteiger partial charge in [-0.1, -0.05) is 19.6 Å². The van der Waals surface area contributed by atoms with Gasteiger partial charge in [-0.25, -0.2) is 4.98 Å². The molecule has 120 valence electrons. The number of carbonyl (C=O) groups excluding carboxylic acids is 1. The lowest BCUT2D eigenvalue weighted by Crippen LogP contribution is -2.22. The van der Waals surface area contributed by atoms with E-state index in [1.54, 1.807) is 7.11 Å². The fraction of sp³-hybridized carbons (Fsp3) is 0.714. The van der Waals surface area contributed by atoms with Crippen LogP contribution >= 0.6 is 15.9 Å². The largest absolute Gasteiger partial charge is 0.385 e. The van der Waals surface area contributed by atoms with Gasteiger partial charge in [-0.3, -0.25) is 4.79 Å². The zero-order chi connectivity index (χ0) is 15.9. The van der Waals surface area contributed by atoms with Crippen molar-refractivity contribution in [3.63, 3.8) is 0 Å². The Hall–Kier alpha value is -0.503. The molecule has 1 rings (SSSR count). The van der Waals surface area contributed by atoms with Crippen molar-refractivity contribution in [2.45, 2.75) is 45.3 Å². The maximum Gasteiger partial charge on any atom is 0.169 e. The molecular formula is C14H25BrN2O3Si. The molecule has 0 aliphatic carbocycles. The Morgan fingerprint density at radius 2 is 2.05 bits per heavy atom. The Morgan fingerprint density at radius 3 is 2.62 bits per heavy atom. The number of hydrogen-bond acceptors (Lipinski definition) is 4. The van der Waals surface area contributed by atoms with Crippen LogP contribution in [0.15, 0.2) is 4.60 Å². The van der Waals surface area contributed by atoms with Gasteiger partial charge in [-0.2, -0.15) is 0 Å². The van der Waals surface area contributed by atoms with Gasteiger partial charge < -0.3 is 14.0 Å². The zero-order valence-corrected chi connectivity index (χ0v) is 15.9. The number of carbonyl (C=O) groups is 1. The van der Waals surface area contributed by atoms with Crippen LogP contribution in [0.4, 0.5) is 0 Å². The first-order valence-electron chi connectivity index (χ1n) is 7.16. The summed E-state index contributed by atoms with van der Waals surface area (Å²) >= 11 is 3.33. The molecular weight excluding hydrogens is 352 g/mol. The van der Waals surface area contributed by atoms with Crippen LogP contribution in [0.1, 0.15) is 22.7 Å². The van der Waals surface area contributed by atoms with Crippen LogP contribution in [-0.2, 0) is 22.6 Å². The minimum atomic E-state index is -1.10. The molecule has 1 aromatic rings. The number of methoxy groups -OCH3 is 1. The van der Waals surface area contributed by atoms with Gasteiger partial charge in [-0.05, 0) is 28.4 Å². The van der Waals surface area contributed by atoms with Gasteiger partial charge in [0.2, 0.25) is 0 Å². The SMILES string of the molecule is COCCCc1nc(Br)c(C=O)n1COCC[Si](C)(C)C. The van der Waals surface area contributed by atoms with Crippen molar-refractivity contribution in [3.8, 4) is 0 Å². The Balaban J connectivity index is 2.66. The fourth-order valence-electron chi connectivity index (χ4n) is 1.84. The highest BCUT2D eigenvalue weighted by Gasteiger charge is 2.16. The zero-order valence-electron chi connectivity index (χ0n) is 13.3. The summed E-state index contributed by atoms with van der Waals surface area (Å²) in [5.41, 5.74) is 0.537. The molecule has 0 spiro atoms. The topological polar surface area (TPSA) is 53.3 Å². The molecule has 0 saturated heterocycles. The standard InChI is InChI=1S/C14H25BrN2O3Si/c1-19-7-5-6-13-16-14(15)12(10-18)17(13)11-20-8-9-21(2,3)4/h10H,5-9,11H2,1-4H3. The molecule has 0 amide bonds. The third-order valence-electron chi connectivity index (χ3n) is 3.12. The van der Waals surface area contributed by atoms with Crippen LogP contribution in [0.2, 0.25) is 25.7 Å². The van der Waals surface area contributed by atoms with Crippen LogP contribution in [0.3, 0.4) is 0 Å². The van der Waals surface area contributed by atoms with Gasteiger partial charge in [-0.15, -0.1) is 0 Å². The number of aromatic nitrogens is 2. The number of ether oxygens (including phenoxy) is 2. The van der Waals surface area contributed by atoms with Crippen molar-refractivity contribution >= 4 is 30.3 Å². The predicted molar refractivity (Wildman–Crippen MR) is 89.6 cm³/mol. The van der Waals surface area contributed by atoms with Crippen LogP contribution in [0.5, 0.6) is 0 Å². The van der Waals surface area contributed by atoms with Crippen molar-refractivity contribution in [2.24, 2.45) is 0 Å². The molecule has 0 aromatic carbocycles. The van der Waals surface area contributed by atoms with Gasteiger partial charge in [0.05, 0.1) is 0 Å². The lowest BCUT2D eigenvalue weighted by Gasteiger charge is -2.16. The van der Waals surface area contributed by atoms with E-state index in [9.17, 15) is 4.79 Å². The van der Waals surface area contributed by atoms with E-state index in [1.807, 2.05) is 4.57 Å². The summed E-state index contributed by atoms with van der Waals surface area (Å²) in [6, 6.07) is 1.11. The molecule has 0 unspecified atom stereocenters. The third-order valence-corrected chi connectivity index (χ3v) is 5.41. The summed E-state index contributed by atoms with van der Waals surface area (Å²) in [7, 11) is 0.582. The molecule has 0 saturated carbocycles. The van der Waals surface area contributed by atoms with Crippen molar-refractivity contribution in [3.05, 3.63) is 16.1 Å². The normalized spacial score (nSPS) is 11.9. The Kier molecular flexibility index (Phi) is 7.79. The summed E-state index contributed by atoms with van der Waals surface area (Å²) in [5.74, 6) is 0.856. The second-order valence-corrected chi connectivity index (χ2v) is 12.6. The molecule has 0 fully saturated rings. The van der Waals surface area contributed by atoms with Gasteiger partial charge >= 0.3 is 0 Å². The van der Waals surface area contributed by atoms with E-state index in [2.05, 4.69) is 40.6 Å². The van der Waals surface area contributed by atoms with E-state index < -0.39 is 8.07 Å². The van der Waals surface area contributed by atoms with Crippen molar-refractivity contribution in [2.75, 3.05) is 20.3 Å². The Bertz CT molecular complexity index is 458. The number of halogens is 1. The minimum absolute atomic E-state index is 0.374. The molecule has 0 aliphatic rings. The number of rotatable bonds is 10. The second kappa shape index (κ2) is 8.82. The summed E-state index contributed by atoms with van der Waals surface area (Å²) in [4.78, 5) is 15.6. The van der Waals surface area contributed by atoms with E-state index in [1.165, 1.54) is 0 Å². The first-order chi connectivity index (χ1) is 9.89. The average molecular weight is 377 g/mol. The minimum Gasteiger partial charge on any atom is -0.385 e. The van der Waals surface area contributed by atoms with E-state index in [0.717, 1.165) is 37.6 Å². The predicted octanol–water partition coefficient (Wildman–Crippen LogP) is 3.35. The number of nitrogens with zero attached hydrogens (tertiary/aromatic N) is 2. The molecule has 1 heterocycles.